The monoisotopic (exact) mass is 313 g/mol. The number of anilines is 1. The molecular weight excluding hydrogens is 294 g/mol. The van der Waals surface area contributed by atoms with Crippen LogP contribution in [-0.2, 0) is 11.2 Å². The van der Waals surface area contributed by atoms with Crippen LogP contribution in [0.2, 0.25) is 0 Å². The first-order valence-electron chi connectivity index (χ1n) is 7.57. The van der Waals surface area contributed by atoms with Gasteiger partial charge in [-0.2, -0.15) is 0 Å². The summed E-state index contributed by atoms with van der Waals surface area (Å²) in [5.74, 6) is 1.98. The fraction of sp³-hybridized carbons (Fsp3) is 0.278. The van der Waals surface area contributed by atoms with Gasteiger partial charge in [-0.1, -0.05) is 18.2 Å². The molecule has 0 spiro atoms. The zero-order chi connectivity index (χ0) is 16.1. The Bertz CT molecular complexity index is 699. The van der Waals surface area contributed by atoms with Crippen molar-refractivity contribution in [2.45, 2.75) is 12.8 Å². The van der Waals surface area contributed by atoms with E-state index in [4.69, 9.17) is 14.2 Å². The first kappa shape index (κ1) is 15.2. The number of amides is 1. The highest BCUT2D eigenvalue weighted by Gasteiger charge is 2.13. The third-order valence-corrected chi connectivity index (χ3v) is 3.57. The van der Waals surface area contributed by atoms with Crippen LogP contribution in [0.25, 0.3) is 0 Å². The molecule has 0 aliphatic carbocycles. The second-order valence-corrected chi connectivity index (χ2v) is 5.25. The summed E-state index contributed by atoms with van der Waals surface area (Å²) >= 11 is 0. The van der Waals surface area contributed by atoms with Gasteiger partial charge in [-0.15, -0.1) is 0 Å². The Morgan fingerprint density at radius 1 is 1.13 bits per heavy atom. The molecule has 1 aliphatic rings. The molecule has 0 fully saturated rings. The van der Waals surface area contributed by atoms with Crippen LogP contribution < -0.4 is 19.5 Å². The number of benzene rings is 2. The predicted octanol–water partition coefficient (Wildman–Crippen LogP) is 3.04. The summed E-state index contributed by atoms with van der Waals surface area (Å²) in [7, 11) is 1.60. The van der Waals surface area contributed by atoms with Crippen LogP contribution in [0.5, 0.6) is 17.2 Å². The van der Waals surface area contributed by atoms with E-state index >= 15 is 0 Å². The molecule has 0 bridgehead atoms. The Hall–Kier alpha value is -2.69. The SMILES string of the molecule is COc1ccccc1CC(=O)Nc1ccc2c(c1)OCCCO2. The Morgan fingerprint density at radius 2 is 1.91 bits per heavy atom. The third-order valence-electron chi connectivity index (χ3n) is 3.57. The fourth-order valence-corrected chi connectivity index (χ4v) is 2.47. The normalized spacial score (nSPS) is 13.1. The van der Waals surface area contributed by atoms with E-state index in [0.717, 1.165) is 12.0 Å². The van der Waals surface area contributed by atoms with E-state index < -0.39 is 0 Å². The maximum Gasteiger partial charge on any atom is 0.228 e. The zero-order valence-electron chi connectivity index (χ0n) is 13.0. The van der Waals surface area contributed by atoms with Crippen LogP contribution in [0.1, 0.15) is 12.0 Å². The topological polar surface area (TPSA) is 56.8 Å². The van der Waals surface area contributed by atoms with Crippen molar-refractivity contribution >= 4 is 11.6 Å². The molecular formula is C18H19NO4. The van der Waals surface area contributed by atoms with Crippen molar-refractivity contribution in [3.05, 3.63) is 48.0 Å². The first-order valence-corrected chi connectivity index (χ1v) is 7.57. The Balaban J connectivity index is 1.69. The summed E-state index contributed by atoms with van der Waals surface area (Å²) in [6, 6.07) is 12.9. The molecule has 120 valence electrons. The summed E-state index contributed by atoms with van der Waals surface area (Å²) in [5, 5.41) is 2.88. The standard InChI is InChI=1S/C18H19NO4/c1-21-15-6-3-2-5-13(15)11-18(20)19-14-7-8-16-17(12-14)23-10-4-9-22-16/h2-3,5-8,12H,4,9-11H2,1H3,(H,19,20). The first-order chi connectivity index (χ1) is 11.3. The quantitative estimate of drug-likeness (QED) is 0.942. The summed E-state index contributed by atoms with van der Waals surface area (Å²) in [5.41, 5.74) is 1.54. The van der Waals surface area contributed by atoms with Crippen molar-refractivity contribution in [1.29, 1.82) is 0 Å². The summed E-state index contributed by atoms with van der Waals surface area (Å²) < 4.78 is 16.5. The van der Waals surface area contributed by atoms with Crippen molar-refractivity contribution in [3.8, 4) is 17.2 Å². The van der Waals surface area contributed by atoms with Gasteiger partial charge in [-0.3, -0.25) is 4.79 Å². The molecule has 0 saturated carbocycles. The summed E-state index contributed by atoms with van der Waals surface area (Å²) in [6.07, 6.45) is 1.10. The largest absolute Gasteiger partial charge is 0.496 e. The molecule has 0 radical (unpaired) electrons. The highest BCUT2D eigenvalue weighted by Crippen LogP contribution is 2.32. The number of ether oxygens (including phenoxy) is 3. The number of methoxy groups -OCH3 is 1. The van der Waals surface area contributed by atoms with Gasteiger partial charge >= 0.3 is 0 Å². The number of fused-ring (bicyclic) bond motifs is 1. The predicted molar refractivity (Wildman–Crippen MR) is 87.4 cm³/mol. The van der Waals surface area contributed by atoms with Crippen LogP contribution >= 0.6 is 0 Å². The van der Waals surface area contributed by atoms with Gasteiger partial charge in [0.2, 0.25) is 5.91 Å². The molecule has 5 heteroatoms. The number of nitrogens with one attached hydrogen (secondary N) is 1. The van der Waals surface area contributed by atoms with Crippen LogP contribution in [0, 0.1) is 0 Å². The number of hydrogen-bond donors (Lipinski definition) is 1. The Labute approximate surface area is 135 Å². The highest BCUT2D eigenvalue weighted by molar-refractivity contribution is 5.93. The molecule has 3 rings (SSSR count). The second-order valence-electron chi connectivity index (χ2n) is 5.25. The smallest absolute Gasteiger partial charge is 0.228 e. The van der Waals surface area contributed by atoms with Gasteiger partial charge in [0.05, 0.1) is 26.7 Å². The number of rotatable bonds is 4. The van der Waals surface area contributed by atoms with E-state index in [2.05, 4.69) is 5.32 Å². The molecule has 5 nitrogen and oxygen atoms in total. The van der Waals surface area contributed by atoms with Gasteiger partial charge in [-0.05, 0) is 18.2 Å². The van der Waals surface area contributed by atoms with Crippen molar-refractivity contribution in [3.63, 3.8) is 0 Å². The molecule has 1 N–H and O–H groups in total. The molecule has 2 aromatic rings. The maximum absolute atomic E-state index is 12.2. The molecule has 1 aliphatic heterocycles. The Kier molecular flexibility index (Phi) is 4.66. The average molecular weight is 313 g/mol. The lowest BCUT2D eigenvalue weighted by Gasteiger charge is -2.11. The fourth-order valence-electron chi connectivity index (χ4n) is 2.47. The number of carbonyl (C=O) groups is 1. The lowest BCUT2D eigenvalue weighted by atomic mass is 10.1. The number of para-hydroxylation sites is 1. The molecule has 0 atom stereocenters. The minimum Gasteiger partial charge on any atom is -0.496 e. The van der Waals surface area contributed by atoms with Crippen LogP contribution in [0.15, 0.2) is 42.5 Å². The van der Waals surface area contributed by atoms with E-state index in [1.165, 1.54) is 0 Å². The van der Waals surface area contributed by atoms with E-state index in [9.17, 15) is 4.79 Å². The van der Waals surface area contributed by atoms with Crippen LogP contribution in [-0.4, -0.2) is 26.2 Å². The van der Waals surface area contributed by atoms with Crippen molar-refractivity contribution in [2.24, 2.45) is 0 Å². The minimum atomic E-state index is -0.107. The van der Waals surface area contributed by atoms with E-state index in [0.29, 0.717) is 36.1 Å². The van der Waals surface area contributed by atoms with Gasteiger partial charge in [0, 0.05) is 23.7 Å². The number of carbonyl (C=O) groups excluding carboxylic acids is 1. The maximum atomic E-state index is 12.2. The van der Waals surface area contributed by atoms with Crippen molar-refractivity contribution < 1.29 is 19.0 Å². The highest BCUT2D eigenvalue weighted by atomic mass is 16.5. The average Bonchev–Trinajstić information content (AvgIpc) is 2.80. The summed E-state index contributed by atoms with van der Waals surface area (Å²) in [4.78, 5) is 12.2. The molecule has 0 unspecified atom stereocenters. The van der Waals surface area contributed by atoms with Crippen molar-refractivity contribution in [2.75, 3.05) is 25.6 Å². The van der Waals surface area contributed by atoms with Gasteiger partial charge in [-0.25, -0.2) is 0 Å². The molecule has 2 aromatic carbocycles. The molecule has 1 heterocycles. The third kappa shape index (κ3) is 3.74. The van der Waals surface area contributed by atoms with E-state index in [1.807, 2.05) is 36.4 Å². The van der Waals surface area contributed by atoms with Crippen molar-refractivity contribution in [1.82, 2.24) is 0 Å². The van der Waals surface area contributed by atoms with Crippen LogP contribution in [0.4, 0.5) is 5.69 Å². The van der Waals surface area contributed by atoms with E-state index in [1.54, 1.807) is 13.2 Å². The van der Waals surface area contributed by atoms with Gasteiger partial charge < -0.3 is 19.5 Å². The molecule has 23 heavy (non-hydrogen) atoms. The van der Waals surface area contributed by atoms with E-state index in [-0.39, 0.29) is 12.3 Å². The molecule has 0 aromatic heterocycles. The Morgan fingerprint density at radius 3 is 2.74 bits per heavy atom. The second kappa shape index (κ2) is 7.05. The lowest BCUT2D eigenvalue weighted by molar-refractivity contribution is -0.115. The van der Waals surface area contributed by atoms with Crippen LogP contribution in [0.3, 0.4) is 0 Å². The zero-order valence-corrected chi connectivity index (χ0v) is 13.0. The van der Waals surface area contributed by atoms with Gasteiger partial charge in [0.1, 0.15) is 5.75 Å². The molecule has 0 saturated heterocycles. The minimum absolute atomic E-state index is 0.107. The van der Waals surface area contributed by atoms with Gasteiger partial charge in [0.25, 0.3) is 0 Å². The van der Waals surface area contributed by atoms with Gasteiger partial charge in [0.15, 0.2) is 11.5 Å². The number of hydrogen-bond acceptors (Lipinski definition) is 4. The lowest BCUT2D eigenvalue weighted by Crippen LogP contribution is -2.15. The summed E-state index contributed by atoms with van der Waals surface area (Å²) in [6.45, 7) is 1.26. The molecule has 1 amide bonds.